The minimum atomic E-state index is -1.01. The molecule has 0 bridgehead atoms. The van der Waals surface area contributed by atoms with Crippen molar-refractivity contribution in [2.45, 2.75) is 0 Å². The molecule has 0 amide bonds. The number of carboxylic acids is 1. The second kappa shape index (κ2) is 2.87. The first-order valence-electron chi connectivity index (χ1n) is 2.70. The number of carboxylic acid groups (broad SMARTS) is 1. The first kappa shape index (κ1) is 8.49. The summed E-state index contributed by atoms with van der Waals surface area (Å²) in [5.74, 6) is -1.01. The van der Waals surface area contributed by atoms with Gasteiger partial charge in [0.15, 0.2) is 0 Å². The summed E-state index contributed by atoms with van der Waals surface area (Å²) < 4.78 is 0. The molecule has 0 aromatic heterocycles. The van der Waals surface area contributed by atoms with Crippen molar-refractivity contribution in [3.63, 3.8) is 0 Å². The summed E-state index contributed by atoms with van der Waals surface area (Å²) in [7, 11) is 0. The molecular formula is C7H6NO2Rf-. The first-order chi connectivity index (χ1) is 4.72. The molecule has 0 aliphatic heterocycles. The van der Waals surface area contributed by atoms with Gasteiger partial charge < -0.3 is 10.8 Å². The molecule has 1 rings (SSSR count). The molecule has 0 radical (unpaired) electrons. The molecule has 0 heterocycles. The summed E-state index contributed by atoms with van der Waals surface area (Å²) in [5, 5.41) is 8.47. The minimum Gasteiger partial charge on any atom is -0.479 e. The van der Waals surface area contributed by atoms with Gasteiger partial charge in [0.2, 0.25) is 0 Å². The van der Waals surface area contributed by atoms with Crippen LogP contribution in [0, 0.1) is 6.07 Å². The number of nitrogens with two attached hydrogens (primary N) is 1. The van der Waals surface area contributed by atoms with Gasteiger partial charge in [-0.25, -0.2) is 4.79 Å². The van der Waals surface area contributed by atoms with Gasteiger partial charge in [-0.2, -0.15) is 24.3 Å². The van der Waals surface area contributed by atoms with E-state index >= 15 is 0 Å². The summed E-state index contributed by atoms with van der Waals surface area (Å²) in [6.07, 6.45) is 0. The van der Waals surface area contributed by atoms with Gasteiger partial charge in [0.25, 0.3) is 0 Å². The Hall–Kier alpha value is -2.51. The fourth-order valence-electron chi connectivity index (χ4n) is 0.638. The zero-order chi connectivity index (χ0) is 7.56. The first-order valence-corrected chi connectivity index (χ1v) is 2.70. The number of aromatic carboxylic acids is 1. The fraction of sp³-hybridized carbons (Fsp3) is 0. The van der Waals surface area contributed by atoms with E-state index in [1.54, 1.807) is 0 Å². The van der Waals surface area contributed by atoms with E-state index in [0.29, 0.717) is 0 Å². The second-order valence-corrected chi connectivity index (χ2v) is 1.82. The molecular weight excluding hydrogens is 397 g/mol. The van der Waals surface area contributed by atoms with E-state index in [-0.39, 0.29) is 11.3 Å². The monoisotopic (exact) mass is 403 g/mol. The van der Waals surface area contributed by atoms with Crippen LogP contribution in [0.15, 0.2) is 18.2 Å². The van der Waals surface area contributed by atoms with Crippen molar-refractivity contribution in [3.05, 3.63) is 29.8 Å². The topological polar surface area (TPSA) is 63.3 Å². The van der Waals surface area contributed by atoms with E-state index in [1.165, 1.54) is 18.2 Å². The van der Waals surface area contributed by atoms with Crippen molar-refractivity contribution < 1.29 is 9.90 Å². The van der Waals surface area contributed by atoms with Crippen LogP contribution in [0.2, 0.25) is 0 Å². The number of nitrogen functional groups attached to an aromatic ring is 1. The van der Waals surface area contributed by atoms with Crippen LogP contribution < -0.4 is 5.73 Å². The van der Waals surface area contributed by atoms with Crippen molar-refractivity contribution in [2.24, 2.45) is 0 Å². The summed E-state index contributed by atoms with van der Waals surface area (Å²) >= 11 is 0. The van der Waals surface area contributed by atoms with Crippen LogP contribution in [0.25, 0.3) is 0 Å². The molecule has 0 atom stereocenters. The molecule has 0 saturated heterocycles. The van der Waals surface area contributed by atoms with Crippen LogP contribution in [-0.2, 0) is 0 Å². The summed E-state index contributed by atoms with van der Waals surface area (Å²) in [6.45, 7) is 0. The van der Waals surface area contributed by atoms with Crippen LogP contribution >= 0.6 is 0 Å². The molecule has 1 aromatic carbocycles. The molecule has 3 nitrogen and oxygen atoms in total. The van der Waals surface area contributed by atoms with E-state index in [0.717, 1.165) is 0 Å². The van der Waals surface area contributed by atoms with Gasteiger partial charge in [-0.05, 0) is 5.56 Å². The normalized spacial score (nSPS) is 8.36. The van der Waals surface area contributed by atoms with Crippen LogP contribution in [0.1, 0.15) is 10.4 Å². The van der Waals surface area contributed by atoms with Crippen LogP contribution in [0.5, 0.6) is 0 Å². The molecule has 0 fully saturated rings. The molecule has 3 N–H and O–H groups in total. The maximum absolute atomic E-state index is 10.3. The third kappa shape index (κ3) is 1.45. The van der Waals surface area contributed by atoms with Gasteiger partial charge in [0, 0.05) is 0 Å². The Balaban J connectivity index is 0.000001000. The SMILES string of the molecule is Nc1c[c-]ccc1C(=O)O.[Rf]. The van der Waals surface area contributed by atoms with Crippen molar-refractivity contribution in [3.8, 4) is 0 Å². The number of carbonyl (C=O) groups is 1. The third-order valence-electron chi connectivity index (χ3n) is 1.13. The van der Waals surface area contributed by atoms with E-state index in [4.69, 9.17) is 10.8 Å². The fourth-order valence-corrected chi connectivity index (χ4v) is 0.638. The smallest absolute Gasteiger partial charge is 0.313 e. The van der Waals surface area contributed by atoms with Gasteiger partial charge in [-0.3, -0.25) is 0 Å². The van der Waals surface area contributed by atoms with Crippen molar-refractivity contribution >= 4 is 11.7 Å². The zero-order valence-corrected chi connectivity index (χ0v) is 12.3. The van der Waals surface area contributed by atoms with Crippen LogP contribution in [-0.4, -0.2) is 11.1 Å². The van der Waals surface area contributed by atoms with Gasteiger partial charge in [0.1, 0.15) is 0 Å². The predicted octanol–water partition coefficient (Wildman–Crippen LogP) is 0.767. The van der Waals surface area contributed by atoms with Gasteiger partial charge >= 0.3 is 5.97 Å². The van der Waals surface area contributed by atoms with Crippen molar-refractivity contribution in [2.75, 3.05) is 5.73 Å². The number of hydrogen-bond donors (Lipinski definition) is 2. The summed E-state index contributed by atoms with van der Waals surface area (Å²) in [4.78, 5) is 10.3. The molecule has 0 saturated carbocycles. The predicted molar refractivity (Wildman–Crippen MR) is 36.6 cm³/mol. The molecule has 0 aliphatic carbocycles. The Morgan fingerprint density at radius 2 is 2.27 bits per heavy atom. The Morgan fingerprint density at radius 3 is 2.64 bits per heavy atom. The van der Waals surface area contributed by atoms with E-state index in [1.807, 2.05) is 0 Å². The maximum atomic E-state index is 10.3. The molecule has 11 heavy (non-hydrogen) atoms. The Morgan fingerprint density at radius 1 is 1.64 bits per heavy atom. The Bertz CT molecular complexity index is 262. The third-order valence-corrected chi connectivity index (χ3v) is 1.13. The summed E-state index contributed by atoms with van der Waals surface area (Å²) in [6, 6.07) is 7.03. The Kier molecular flexibility index (Phi) is 2.21. The quantitative estimate of drug-likeness (QED) is 0.538. The van der Waals surface area contributed by atoms with Crippen LogP contribution in [0.4, 0.5) is 5.69 Å². The average molecular weight is 403 g/mol. The van der Waals surface area contributed by atoms with Crippen molar-refractivity contribution in [1.82, 2.24) is 0 Å². The molecule has 0 aliphatic rings. The maximum Gasteiger partial charge on any atom is 0.313 e. The van der Waals surface area contributed by atoms with E-state index in [2.05, 4.69) is 6.07 Å². The molecule has 4 heteroatoms. The zero-order valence-electron chi connectivity index (χ0n) is 5.87. The molecule has 54 valence electrons. The van der Waals surface area contributed by atoms with Crippen LogP contribution in [0.3, 0.4) is 0 Å². The number of rotatable bonds is 1. The standard InChI is InChI=1S/C7H6NO2.Rf/c8-6-4-2-1-3-5(6)7(9)10;/h1,3-4H,8H2,(H,9,10);/q-1;. The van der Waals surface area contributed by atoms with Gasteiger partial charge in [-0.1, -0.05) is 5.69 Å². The summed E-state index contributed by atoms with van der Waals surface area (Å²) in [5.41, 5.74) is 5.68. The molecule has 0 unspecified atom stereocenters. The minimum absolute atomic E-state index is 0. The molecule has 1 aromatic rings. The van der Waals surface area contributed by atoms with Crippen molar-refractivity contribution in [1.29, 1.82) is 0 Å². The number of anilines is 1. The molecule has 0 spiro atoms. The second-order valence-electron chi connectivity index (χ2n) is 1.82. The van der Waals surface area contributed by atoms with Gasteiger partial charge in [0.05, 0.1) is 0 Å². The Labute approximate surface area is 58.1 Å². The van der Waals surface area contributed by atoms with Gasteiger partial charge in [-0.15, -0.1) is 0 Å². The average Bonchev–Trinajstić information content (AvgIpc) is 1.88. The number of benzene rings is 1. The number of hydrogen-bond acceptors (Lipinski definition) is 2. The van der Waals surface area contributed by atoms with E-state index in [9.17, 15) is 4.79 Å². The largest absolute Gasteiger partial charge is 0.479 e. The van der Waals surface area contributed by atoms with E-state index < -0.39 is 5.97 Å².